The van der Waals surface area contributed by atoms with Gasteiger partial charge in [0.1, 0.15) is 0 Å². The monoisotopic (exact) mass is 247 g/mol. The molecule has 0 saturated heterocycles. The SMILES string of the molecule is CCNC(c1c(C)c(C)cc(C)c1C)C(C)(C)C. The van der Waals surface area contributed by atoms with Crippen LogP contribution in [0.5, 0.6) is 0 Å². The third kappa shape index (κ3) is 2.95. The lowest BCUT2D eigenvalue weighted by Gasteiger charge is -2.35. The molecule has 0 radical (unpaired) electrons. The van der Waals surface area contributed by atoms with E-state index in [1.165, 1.54) is 27.8 Å². The van der Waals surface area contributed by atoms with Gasteiger partial charge in [-0.25, -0.2) is 0 Å². The van der Waals surface area contributed by atoms with Crippen LogP contribution in [0.1, 0.15) is 61.6 Å². The van der Waals surface area contributed by atoms with Crippen molar-refractivity contribution in [2.45, 2.75) is 61.4 Å². The zero-order chi connectivity index (χ0) is 14.1. The second-order valence-corrected chi connectivity index (χ2v) is 6.53. The minimum atomic E-state index is 0.228. The summed E-state index contributed by atoms with van der Waals surface area (Å²) in [6.45, 7) is 19.1. The molecule has 0 aliphatic carbocycles. The Hall–Kier alpha value is -0.820. The lowest BCUT2D eigenvalue weighted by Crippen LogP contribution is -2.33. The van der Waals surface area contributed by atoms with Crippen molar-refractivity contribution < 1.29 is 0 Å². The van der Waals surface area contributed by atoms with Crippen LogP contribution in [0.3, 0.4) is 0 Å². The van der Waals surface area contributed by atoms with Crippen molar-refractivity contribution in [1.29, 1.82) is 0 Å². The van der Waals surface area contributed by atoms with Crippen molar-refractivity contribution in [1.82, 2.24) is 5.32 Å². The Balaban J connectivity index is 3.45. The number of aryl methyl sites for hydroxylation is 2. The van der Waals surface area contributed by atoms with E-state index in [0.717, 1.165) is 6.54 Å². The van der Waals surface area contributed by atoms with Crippen LogP contribution < -0.4 is 5.32 Å². The Morgan fingerprint density at radius 1 is 1.00 bits per heavy atom. The van der Waals surface area contributed by atoms with Crippen LogP contribution in [-0.2, 0) is 0 Å². The smallest absolute Gasteiger partial charge is 0.0374 e. The fourth-order valence-electron chi connectivity index (χ4n) is 2.73. The Bertz CT molecular complexity index is 398. The Labute approximate surface area is 113 Å². The highest BCUT2D eigenvalue weighted by Crippen LogP contribution is 2.37. The summed E-state index contributed by atoms with van der Waals surface area (Å²) in [5, 5.41) is 3.67. The van der Waals surface area contributed by atoms with Crippen LogP contribution in [0.15, 0.2) is 6.07 Å². The molecule has 1 nitrogen and oxygen atoms in total. The van der Waals surface area contributed by atoms with Crippen LogP contribution in [0.25, 0.3) is 0 Å². The molecule has 1 N–H and O–H groups in total. The molecule has 0 fully saturated rings. The van der Waals surface area contributed by atoms with E-state index >= 15 is 0 Å². The van der Waals surface area contributed by atoms with Gasteiger partial charge < -0.3 is 5.32 Å². The Morgan fingerprint density at radius 3 is 1.78 bits per heavy atom. The van der Waals surface area contributed by atoms with E-state index < -0.39 is 0 Å². The summed E-state index contributed by atoms with van der Waals surface area (Å²) < 4.78 is 0. The number of rotatable bonds is 3. The minimum Gasteiger partial charge on any atom is -0.310 e. The summed E-state index contributed by atoms with van der Waals surface area (Å²) in [5.74, 6) is 0. The highest BCUT2D eigenvalue weighted by Gasteiger charge is 2.28. The molecule has 0 saturated carbocycles. The molecule has 0 aromatic heterocycles. The maximum Gasteiger partial charge on any atom is 0.0374 e. The van der Waals surface area contributed by atoms with Gasteiger partial charge in [-0.1, -0.05) is 33.8 Å². The van der Waals surface area contributed by atoms with Gasteiger partial charge in [-0.2, -0.15) is 0 Å². The van der Waals surface area contributed by atoms with E-state index in [1.807, 2.05) is 0 Å². The zero-order valence-corrected chi connectivity index (χ0v) is 13.4. The summed E-state index contributed by atoms with van der Waals surface area (Å²) in [7, 11) is 0. The molecule has 1 aromatic carbocycles. The highest BCUT2D eigenvalue weighted by atomic mass is 14.9. The molecule has 1 heteroatoms. The third-order valence-corrected chi connectivity index (χ3v) is 3.99. The normalized spacial score (nSPS) is 13.8. The van der Waals surface area contributed by atoms with Crippen LogP contribution >= 0.6 is 0 Å². The molecule has 0 bridgehead atoms. The van der Waals surface area contributed by atoms with Gasteiger partial charge in [0.2, 0.25) is 0 Å². The maximum atomic E-state index is 3.67. The molecule has 1 atom stereocenters. The highest BCUT2D eigenvalue weighted by molar-refractivity contribution is 5.46. The first kappa shape index (κ1) is 15.2. The van der Waals surface area contributed by atoms with Gasteiger partial charge in [0.05, 0.1) is 0 Å². The van der Waals surface area contributed by atoms with Crippen LogP contribution in [0.4, 0.5) is 0 Å². The standard InChI is InChI=1S/C17H29N/c1-9-18-16(17(6,7)8)15-13(4)11(2)10-12(3)14(15)5/h10,16,18H,9H2,1-8H3. The Morgan fingerprint density at radius 2 is 1.44 bits per heavy atom. The number of hydrogen-bond donors (Lipinski definition) is 1. The number of benzene rings is 1. The molecule has 0 heterocycles. The minimum absolute atomic E-state index is 0.228. The summed E-state index contributed by atoms with van der Waals surface area (Å²) in [5.41, 5.74) is 7.42. The Kier molecular flexibility index (Phi) is 4.61. The van der Waals surface area contributed by atoms with Crippen molar-refractivity contribution in [2.75, 3.05) is 6.54 Å². The maximum absolute atomic E-state index is 3.67. The van der Waals surface area contributed by atoms with Crippen molar-refractivity contribution in [3.05, 3.63) is 33.9 Å². The van der Waals surface area contributed by atoms with Crippen molar-refractivity contribution in [3.63, 3.8) is 0 Å². The van der Waals surface area contributed by atoms with Crippen molar-refractivity contribution >= 4 is 0 Å². The summed E-state index contributed by atoms with van der Waals surface area (Å²) >= 11 is 0. The van der Waals surface area contributed by atoms with E-state index in [9.17, 15) is 0 Å². The van der Waals surface area contributed by atoms with Crippen LogP contribution in [-0.4, -0.2) is 6.54 Å². The van der Waals surface area contributed by atoms with E-state index in [0.29, 0.717) is 6.04 Å². The van der Waals surface area contributed by atoms with E-state index in [4.69, 9.17) is 0 Å². The predicted molar refractivity (Wildman–Crippen MR) is 81.3 cm³/mol. The van der Waals surface area contributed by atoms with Crippen LogP contribution in [0, 0.1) is 33.1 Å². The summed E-state index contributed by atoms with van der Waals surface area (Å²) in [6.07, 6.45) is 0. The summed E-state index contributed by atoms with van der Waals surface area (Å²) in [4.78, 5) is 0. The van der Waals surface area contributed by atoms with Gasteiger partial charge in [-0.15, -0.1) is 0 Å². The molecule has 1 aromatic rings. The first-order chi connectivity index (χ1) is 8.20. The van der Waals surface area contributed by atoms with Gasteiger partial charge in [0.25, 0.3) is 0 Å². The molecule has 0 aliphatic heterocycles. The fourth-order valence-corrected chi connectivity index (χ4v) is 2.73. The average molecular weight is 247 g/mol. The lowest BCUT2D eigenvalue weighted by molar-refractivity contribution is 0.275. The van der Waals surface area contributed by atoms with Gasteiger partial charge in [0, 0.05) is 6.04 Å². The molecular weight excluding hydrogens is 218 g/mol. The largest absolute Gasteiger partial charge is 0.310 e. The molecule has 0 spiro atoms. The van der Waals surface area contributed by atoms with Crippen molar-refractivity contribution in [2.24, 2.45) is 5.41 Å². The molecule has 0 amide bonds. The molecule has 1 rings (SSSR count). The van der Waals surface area contributed by atoms with Gasteiger partial charge in [-0.05, 0) is 67.5 Å². The van der Waals surface area contributed by atoms with Crippen LogP contribution in [0.2, 0.25) is 0 Å². The molecule has 18 heavy (non-hydrogen) atoms. The van der Waals surface area contributed by atoms with Gasteiger partial charge >= 0.3 is 0 Å². The second kappa shape index (κ2) is 5.44. The van der Waals surface area contributed by atoms with E-state index in [-0.39, 0.29) is 5.41 Å². The van der Waals surface area contributed by atoms with Crippen molar-refractivity contribution in [3.8, 4) is 0 Å². The zero-order valence-electron chi connectivity index (χ0n) is 13.4. The first-order valence-electron chi connectivity index (χ1n) is 7.00. The number of hydrogen-bond acceptors (Lipinski definition) is 1. The molecule has 102 valence electrons. The molecule has 1 unspecified atom stereocenters. The van der Waals surface area contributed by atoms with E-state index in [1.54, 1.807) is 0 Å². The molecular formula is C17H29N. The predicted octanol–water partition coefficient (Wildman–Crippen LogP) is 4.62. The second-order valence-electron chi connectivity index (χ2n) is 6.53. The van der Waals surface area contributed by atoms with Gasteiger partial charge in [0.15, 0.2) is 0 Å². The topological polar surface area (TPSA) is 12.0 Å². The summed E-state index contributed by atoms with van der Waals surface area (Å²) in [6, 6.07) is 2.72. The average Bonchev–Trinajstić information content (AvgIpc) is 2.24. The van der Waals surface area contributed by atoms with E-state index in [2.05, 4.69) is 66.8 Å². The number of nitrogens with one attached hydrogen (secondary N) is 1. The fraction of sp³-hybridized carbons (Fsp3) is 0.647. The molecule has 0 aliphatic rings. The first-order valence-corrected chi connectivity index (χ1v) is 7.00. The lowest BCUT2D eigenvalue weighted by atomic mass is 9.77. The quantitative estimate of drug-likeness (QED) is 0.822. The van der Waals surface area contributed by atoms with Gasteiger partial charge in [-0.3, -0.25) is 0 Å². The third-order valence-electron chi connectivity index (χ3n) is 3.99.